The van der Waals surface area contributed by atoms with Crippen molar-refractivity contribution in [3.8, 4) is 0 Å². The van der Waals surface area contributed by atoms with Crippen LogP contribution in [0.4, 0.5) is 0 Å². The van der Waals surface area contributed by atoms with Gasteiger partial charge in [0.1, 0.15) is 0 Å². The molecule has 0 aliphatic carbocycles. The Labute approximate surface area is 102 Å². The molecule has 1 N–H and O–H groups in total. The predicted molar refractivity (Wildman–Crippen MR) is 67.0 cm³/mol. The quantitative estimate of drug-likeness (QED) is 0.706. The van der Waals surface area contributed by atoms with Gasteiger partial charge >= 0.3 is 5.97 Å². The molecule has 0 saturated heterocycles. The van der Waals surface area contributed by atoms with Gasteiger partial charge in [0.05, 0.1) is 13.0 Å². The minimum Gasteiger partial charge on any atom is -0.481 e. The van der Waals surface area contributed by atoms with Crippen LogP contribution in [0.2, 0.25) is 0 Å². The van der Waals surface area contributed by atoms with E-state index in [9.17, 15) is 4.79 Å². The zero-order valence-electron chi connectivity index (χ0n) is 10.3. The molecule has 1 atom stereocenters. The summed E-state index contributed by atoms with van der Waals surface area (Å²) in [4.78, 5) is 10.3. The van der Waals surface area contributed by atoms with Crippen molar-refractivity contribution in [1.82, 2.24) is 0 Å². The van der Waals surface area contributed by atoms with E-state index in [1.54, 1.807) is 0 Å². The Bertz CT molecular complexity index is 321. The van der Waals surface area contributed by atoms with Crippen molar-refractivity contribution in [2.75, 3.05) is 13.2 Å². The summed E-state index contributed by atoms with van der Waals surface area (Å²) in [6.45, 7) is 3.08. The molecule has 1 aromatic rings. The van der Waals surface area contributed by atoms with Crippen LogP contribution < -0.4 is 0 Å². The molecule has 3 nitrogen and oxygen atoms in total. The SMILES string of the molecule is CCC(COCCC(=O)O)Cc1ccccc1. The molecule has 0 aliphatic rings. The Hall–Kier alpha value is -1.35. The number of hydrogen-bond donors (Lipinski definition) is 1. The summed E-state index contributed by atoms with van der Waals surface area (Å²) in [7, 11) is 0. The van der Waals surface area contributed by atoms with E-state index in [1.165, 1.54) is 5.56 Å². The highest BCUT2D eigenvalue weighted by molar-refractivity contribution is 5.66. The van der Waals surface area contributed by atoms with Crippen LogP contribution in [-0.4, -0.2) is 24.3 Å². The molecular weight excluding hydrogens is 216 g/mol. The van der Waals surface area contributed by atoms with Crippen molar-refractivity contribution in [2.24, 2.45) is 5.92 Å². The zero-order valence-corrected chi connectivity index (χ0v) is 10.3. The number of rotatable bonds is 8. The molecule has 0 aliphatic heterocycles. The Balaban J connectivity index is 2.27. The van der Waals surface area contributed by atoms with Crippen molar-refractivity contribution in [1.29, 1.82) is 0 Å². The fourth-order valence-corrected chi connectivity index (χ4v) is 1.68. The van der Waals surface area contributed by atoms with E-state index in [0.717, 1.165) is 12.8 Å². The lowest BCUT2D eigenvalue weighted by atomic mass is 9.98. The Kier molecular flexibility index (Phi) is 6.33. The van der Waals surface area contributed by atoms with Crippen LogP contribution in [0.1, 0.15) is 25.3 Å². The first-order chi connectivity index (χ1) is 8.22. The van der Waals surface area contributed by atoms with E-state index in [4.69, 9.17) is 9.84 Å². The van der Waals surface area contributed by atoms with Crippen molar-refractivity contribution in [3.63, 3.8) is 0 Å². The second kappa shape index (κ2) is 7.85. The summed E-state index contributed by atoms with van der Waals surface area (Å²) in [5, 5.41) is 8.49. The molecular formula is C14H20O3. The van der Waals surface area contributed by atoms with Crippen molar-refractivity contribution < 1.29 is 14.6 Å². The maximum Gasteiger partial charge on any atom is 0.305 e. The van der Waals surface area contributed by atoms with Crippen LogP contribution in [0.5, 0.6) is 0 Å². The molecule has 17 heavy (non-hydrogen) atoms. The maximum atomic E-state index is 10.3. The third kappa shape index (κ3) is 6.07. The van der Waals surface area contributed by atoms with E-state index in [-0.39, 0.29) is 6.42 Å². The summed E-state index contributed by atoms with van der Waals surface area (Å²) in [5.74, 6) is -0.340. The molecule has 94 valence electrons. The highest BCUT2D eigenvalue weighted by atomic mass is 16.5. The topological polar surface area (TPSA) is 46.5 Å². The van der Waals surface area contributed by atoms with Gasteiger partial charge in [-0.1, -0.05) is 43.7 Å². The summed E-state index contributed by atoms with van der Waals surface area (Å²) >= 11 is 0. The standard InChI is InChI=1S/C14H20O3/c1-2-12(11-17-9-8-14(15)16)10-13-6-4-3-5-7-13/h3-7,12H,2,8-11H2,1H3,(H,15,16). The van der Waals surface area contributed by atoms with E-state index in [0.29, 0.717) is 19.1 Å². The summed E-state index contributed by atoms with van der Waals surface area (Å²) in [6.07, 6.45) is 2.12. The second-order valence-electron chi connectivity index (χ2n) is 4.18. The van der Waals surface area contributed by atoms with Gasteiger partial charge in [-0.3, -0.25) is 4.79 Å². The summed E-state index contributed by atoms with van der Waals surface area (Å²) in [5.41, 5.74) is 1.31. The van der Waals surface area contributed by atoms with Gasteiger partial charge in [0.2, 0.25) is 0 Å². The molecule has 0 amide bonds. The van der Waals surface area contributed by atoms with Gasteiger partial charge in [-0.05, 0) is 17.9 Å². The average Bonchev–Trinajstić information content (AvgIpc) is 2.34. The summed E-state index contributed by atoms with van der Waals surface area (Å²) < 4.78 is 5.39. The van der Waals surface area contributed by atoms with Gasteiger partial charge in [0, 0.05) is 6.61 Å². The number of carboxylic acids is 1. The smallest absolute Gasteiger partial charge is 0.305 e. The molecule has 1 unspecified atom stereocenters. The highest BCUT2D eigenvalue weighted by Gasteiger charge is 2.08. The van der Waals surface area contributed by atoms with E-state index in [2.05, 4.69) is 19.1 Å². The predicted octanol–water partition coefficient (Wildman–Crippen LogP) is 2.75. The van der Waals surface area contributed by atoms with Crippen LogP contribution in [-0.2, 0) is 16.0 Å². The number of carboxylic acid groups (broad SMARTS) is 1. The van der Waals surface area contributed by atoms with Gasteiger partial charge < -0.3 is 9.84 Å². The van der Waals surface area contributed by atoms with Crippen LogP contribution in [0.15, 0.2) is 30.3 Å². The van der Waals surface area contributed by atoms with Crippen LogP contribution in [0.3, 0.4) is 0 Å². The minimum atomic E-state index is -0.805. The fourth-order valence-electron chi connectivity index (χ4n) is 1.68. The van der Waals surface area contributed by atoms with Gasteiger partial charge in [-0.15, -0.1) is 0 Å². The molecule has 0 aromatic heterocycles. The lowest BCUT2D eigenvalue weighted by Gasteiger charge is -2.14. The minimum absolute atomic E-state index is 0.0851. The fraction of sp³-hybridized carbons (Fsp3) is 0.500. The highest BCUT2D eigenvalue weighted by Crippen LogP contribution is 2.12. The van der Waals surface area contributed by atoms with Gasteiger partial charge in [0.15, 0.2) is 0 Å². The van der Waals surface area contributed by atoms with Crippen LogP contribution in [0.25, 0.3) is 0 Å². The lowest BCUT2D eigenvalue weighted by Crippen LogP contribution is -2.13. The number of ether oxygens (including phenoxy) is 1. The van der Waals surface area contributed by atoms with E-state index in [1.807, 2.05) is 18.2 Å². The van der Waals surface area contributed by atoms with Gasteiger partial charge in [-0.25, -0.2) is 0 Å². The molecule has 0 radical (unpaired) electrons. The molecule has 0 spiro atoms. The molecule has 3 heteroatoms. The first-order valence-corrected chi connectivity index (χ1v) is 6.05. The number of carbonyl (C=O) groups is 1. The van der Waals surface area contributed by atoms with Crippen LogP contribution >= 0.6 is 0 Å². The first kappa shape index (κ1) is 13.7. The summed E-state index contributed by atoms with van der Waals surface area (Å²) in [6, 6.07) is 10.3. The van der Waals surface area contributed by atoms with Crippen molar-refractivity contribution >= 4 is 5.97 Å². The monoisotopic (exact) mass is 236 g/mol. The van der Waals surface area contributed by atoms with Crippen LogP contribution in [0, 0.1) is 5.92 Å². The van der Waals surface area contributed by atoms with Gasteiger partial charge in [-0.2, -0.15) is 0 Å². The first-order valence-electron chi connectivity index (χ1n) is 6.05. The Morgan fingerprint density at radius 1 is 1.35 bits per heavy atom. The molecule has 1 rings (SSSR count). The Morgan fingerprint density at radius 3 is 2.65 bits per heavy atom. The van der Waals surface area contributed by atoms with E-state index < -0.39 is 5.97 Å². The molecule has 0 heterocycles. The largest absolute Gasteiger partial charge is 0.481 e. The maximum absolute atomic E-state index is 10.3. The second-order valence-corrected chi connectivity index (χ2v) is 4.18. The van der Waals surface area contributed by atoms with E-state index >= 15 is 0 Å². The number of aliphatic carboxylic acids is 1. The average molecular weight is 236 g/mol. The normalized spacial score (nSPS) is 12.3. The van der Waals surface area contributed by atoms with Gasteiger partial charge in [0.25, 0.3) is 0 Å². The number of hydrogen-bond acceptors (Lipinski definition) is 2. The molecule has 0 saturated carbocycles. The lowest BCUT2D eigenvalue weighted by molar-refractivity contribution is -0.138. The van der Waals surface area contributed by atoms with Crippen molar-refractivity contribution in [3.05, 3.63) is 35.9 Å². The third-order valence-corrected chi connectivity index (χ3v) is 2.76. The molecule has 1 aromatic carbocycles. The third-order valence-electron chi connectivity index (χ3n) is 2.76. The number of benzene rings is 1. The molecule has 0 fully saturated rings. The Morgan fingerprint density at radius 2 is 2.06 bits per heavy atom. The van der Waals surface area contributed by atoms with Crippen molar-refractivity contribution in [2.45, 2.75) is 26.2 Å². The zero-order chi connectivity index (χ0) is 12.5. The molecule has 0 bridgehead atoms.